The van der Waals surface area contributed by atoms with Gasteiger partial charge in [-0.15, -0.1) is 0 Å². The van der Waals surface area contributed by atoms with Gasteiger partial charge in [0.15, 0.2) is 0 Å². The van der Waals surface area contributed by atoms with Gasteiger partial charge in [0.1, 0.15) is 17.2 Å². The lowest BCUT2D eigenvalue weighted by molar-refractivity contribution is 0.343. The minimum absolute atomic E-state index is 0.237. The molecule has 4 nitrogen and oxygen atoms in total. The second-order valence-corrected chi connectivity index (χ2v) is 6.28. The first-order valence-corrected chi connectivity index (χ1v) is 7.51. The normalized spacial score (nSPS) is 20.8. The summed E-state index contributed by atoms with van der Waals surface area (Å²) in [6, 6.07) is 4.09. The summed E-state index contributed by atoms with van der Waals surface area (Å²) in [4.78, 5) is 0. The maximum atomic E-state index is 5.60. The standard InChI is InChI=1S/C17H27NO3/c1-7-18-16(12-10-17(12,2)3)15-13(20-5)8-11(19-4)9-14(15)21-6/h8-9,12,16,18H,7,10H2,1-6H3. The summed E-state index contributed by atoms with van der Waals surface area (Å²) in [5.74, 6) is 2.98. The molecule has 2 rings (SSSR count). The van der Waals surface area contributed by atoms with Crippen LogP contribution in [0, 0.1) is 11.3 Å². The fraction of sp³-hybridized carbons (Fsp3) is 0.647. The number of nitrogens with one attached hydrogen (secondary N) is 1. The lowest BCUT2D eigenvalue weighted by atomic mass is 9.95. The van der Waals surface area contributed by atoms with Gasteiger partial charge < -0.3 is 19.5 Å². The van der Waals surface area contributed by atoms with E-state index in [4.69, 9.17) is 14.2 Å². The molecule has 1 N–H and O–H groups in total. The van der Waals surface area contributed by atoms with Crippen molar-refractivity contribution in [2.45, 2.75) is 33.2 Å². The molecular weight excluding hydrogens is 266 g/mol. The van der Waals surface area contributed by atoms with Crippen LogP contribution in [0.5, 0.6) is 17.2 Å². The quantitative estimate of drug-likeness (QED) is 0.836. The predicted molar refractivity (Wildman–Crippen MR) is 84.4 cm³/mol. The van der Waals surface area contributed by atoms with Gasteiger partial charge in [-0.3, -0.25) is 0 Å². The van der Waals surface area contributed by atoms with E-state index in [2.05, 4.69) is 26.1 Å². The molecule has 0 saturated heterocycles. The fourth-order valence-corrected chi connectivity index (χ4v) is 3.08. The van der Waals surface area contributed by atoms with Gasteiger partial charge in [-0.2, -0.15) is 0 Å². The highest BCUT2D eigenvalue weighted by molar-refractivity contribution is 5.53. The Labute approximate surface area is 127 Å². The third-order valence-electron chi connectivity index (χ3n) is 4.48. The van der Waals surface area contributed by atoms with Crippen molar-refractivity contribution in [3.05, 3.63) is 17.7 Å². The van der Waals surface area contributed by atoms with Gasteiger partial charge in [-0.1, -0.05) is 20.8 Å². The molecule has 1 aliphatic rings. The number of ether oxygens (including phenoxy) is 3. The summed E-state index contributed by atoms with van der Waals surface area (Å²) < 4.78 is 16.5. The van der Waals surface area contributed by atoms with Gasteiger partial charge in [-0.25, -0.2) is 0 Å². The van der Waals surface area contributed by atoms with Crippen molar-refractivity contribution < 1.29 is 14.2 Å². The zero-order chi connectivity index (χ0) is 15.6. The van der Waals surface area contributed by atoms with Crippen molar-refractivity contribution >= 4 is 0 Å². The number of rotatable bonds is 7. The van der Waals surface area contributed by atoms with E-state index in [0.29, 0.717) is 11.3 Å². The minimum atomic E-state index is 0.237. The molecule has 21 heavy (non-hydrogen) atoms. The third-order valence-corrected chi connectivity index (χ3v) is 4.48. The van der Waals surface area contributed by atoms with Crippen molar-refractivity contribution in [2.24, 2.45) is 11.3 Å². The average molecular weight is 293 g/mol. The van der Waals surface area contributed by atoms with Crippen LogP contribution in [0.15, 0.2) is 12.1 Å². The molecule has 0 heterocycles. The number of methoxy groups -OCH3 is 3. The Hall–Kier alpha value is -1.42. The zero-order valence-corrected chi connectivity index (χ0v) is 13.9. The summed E-state index contributed by atoms with van der Waals surface area (Å²) in [7, 11) is 5.04. The van der Waals surface area contributed by atoms with Gasteiger partial charge >= 0.3 is 0 Å². The number of hydrogen-bond acceptors (Lipinski definition) is 4. The lowest BCUT2D eigenvalue weighted by Crippen LogP contribution is -2.25. The average Bonchev–Trinajstić information content (AvgIpc) is 3.11. The van der Waals surface area contributed by atoms with Crippen molar-refractivity contribution in [2.75, 3.05) is 27.9 Å². The molecule has 1 fully saturated rings. The minimum Gasteiger partial charge on any atom is -0.496 e. The first-order valence-electron chi connectivity index (χ1n) is 7.51. The molecule has 2 unspecified atom stereocenters. The van der Waals surface area contributed by atoms with Crippen LogP contribution in [0.4, 0.5) is 0 Å². The Morgan fingerprint density at radius 3 is 2.00 bits per heavy atom. The molecule has 0 radical (unpaired) electrons. The predicted octanol–water partition coefficient (Wildman–Crippen LogP) is 3.41. The molecule has 0 spiro atoms. The van der Waals surface area contributed by atoms with Crippen molar-refractivity contribution in [1.29, 1.82) is 0 Å². The maximum absolute atomic E-state index is 5.60. The Kier molecular flexibility index (Phi) is 4.67. The Morgan fingerprint density at radius 2 is 1.67 bits per heavy atom. The topological polar surface area (TPSA) is 39.7 Å². The summed E-state index contributed by atoms with van der Waals surface area (Å²) in [5, 5.41) is 3.60. The van der Waals surface area contributed by atoms with Gasteiger partial charge in [0.05, 0.1) is 26.9 Å². The molecule has 4 heteroatoms. The number of hydrogen-bond donors (Lipinski definition) is 1. The SMILES string of the molecule is CCNC(c1c(OC)cc(OC)cc1OC)C1CC1(C)C. The van der Waals surface area contributed by atoms with Crippen LogP contribution in [0.3, 0.4) is 0 Å². The molecule has 1 aliphatic carbocycles. The van der Waals surface area contributed by atoms with Crippen molar-refractivity contribution in [3.8, 4) is 17.2 Å². The molecule has 1 aromatic carbocycles. The highest BCUT2D eigenvalue weighted by atomic mass is 16.5. The van der Waals surface area contributed by atoms with E-state index >= 15 is 0 Å². The molecule has 1 aromatic rings. The fourth-order valence-electron chi connectivity index (χ4n) is 3.08. The van der Waals surface area contributed by atoms with Gasteiger partial charge in [0.2, 0.25) is 0 Å². The summed E-state index contributed by atoms with van der Waals surface area (Å²) in [5.41, 5.74) is 1.46. The Morgan fingerprint density at radius 1 is 1.14 bits per heavy atom. The Balaban J connectivity index is 2.48. The molecular formula is C17H27NO3. The molecule has 2 atom stereocenters. The molecule has 0 aliphatic heterocycles. The van der Waals surface area contributed by atoms with Crippen LogP contribution in [0.1, 0.15) is 38.8 Å². The van der Waals surface area contributed by atoms with E-state index < -0.39 is 0 Å². The zero-order valence-electron chi connectivity index (χ0n) is 13.9. The van der Waals surface area contributed by atoms with E-state index in [-0.39, 0.29) is 6.04 Å². The first-order chi connectivity index (χ1) is 9.98. The highest BCUT2D eigenvalue weighted by Crippen LogP contribution is 2.59. The van der Waals surface area contributed by atoms with Gasteiger partial charge in [-0.05, 0) is 24.3 Å². The van der Waals surface area contributed by atoms with E-state index in [1.807, 2.05) is 12.1 Å². The van der Waals surface area contributed by atoms with E-state index in [9.17, 15) is 0 Å². The van der Waals surface area contributed by atoms with Crippen molar-refractivity contribution in [1.82, 2.24) is 5.32 Å². The van der Waals surface area contributed by atoms with Crippen LogP contribution in [0.2, 0.25) is 0 Å². The maximum Gasteiger partial charge on any atom is 0.131 e. The highest BCUT2D eigenvalue weighted by Gasteiger charge is 2.51. The smallest absolute Gasteiger partial charge is 0.131 e. The summed E-state index contributed by atoms with van der Waals surface area (Å²) >= 11 is 0. The summed E-state index contributed by atoms with van der Waals surface area (Å²) in [6.07, 6.45) is 1.21. The number of benzene rings is 1. The van der Waals surface area contributed by atoms with Crippen LogP contribution in [-0.2, 0) is 0 Å². The van der Waals surface area contributed by atoms with Crippen molar-refractivity contribution in [3.63, 3.8) is 0 Å². The monoisotopic (exact) mass is 293 g/mol. The van der Waals surface area contributed by atoms with E-state index in [1.165, 1.54) is 6.42 Å². The second kappa shape index (κ2) is 6.14. The third kappa shape index (κ3) is 3.10. The Bertz CT molecular complexity index is 474. The second-order valence-electron chi connectivity index (χ2n) is 6.28. The van der Waals surface area contributed by atoms with Gasteiger partial charge in [0, 0.05) is 18.2 Å². The molecule has 0 amide bonds. The molecule has 0 bridgehead atoms. The van der Waals surface area contributed by atoms with Crippen LogP contribution in [0.25, 0.3) is 0 Å². The van der Waals surface area contributed by atoms with E-state index in [0.717, 1.165) is 29.4 Å². The van der Waals surface area contributed by atoms with Crippen LogP contribution < -0.4 is 19.5 Å². The molecule has 1 saturated carbocycles. The van der Waals surface area contributed by atoms with Gasteiger partial charge in [0.25, 0.3) is 0 Å². The molecule has 0 aromatic heterocycles. The van der Waals surface area contributed by atoms with Crippen LogP contribution >= 0.6 is 0 Å². The first kappa shape index (κ1) is 16.0. The van der Waals surface area contributed by atoms with Crippen LogP contribution in [-0.4, -0.2) is 27.9 Å². The summed E-state index contributed by atoms with van der Waals surface area (Å²) in [6.45, 7) is 7.66. The lowest BCUT2D eigenvalue weighted by Gasteiger charge is -2.25. The molecule has 118 valence electrons. The largest absolute Gasteiger partial charge is 0.496 e. The van der Waals surface area contributed by atoms with E-state index in [1.54, 1.807) is 21.3 Å².